The van der Waals surface area contributed by atoms with Crippen LogP contribution in [0.1, 0.15) is 18.4 Å². The van der Waals surface area contributed by atoms with Crippen molar-refractivity contribution in [1.82, 2.24) is 4.90 Å². The Morgan fingerprint density at radius 2 is 1.93 bits per heavy atom. The SMILES string of the molecule is COc1cccc(N2CC3(CCN(C(=O)Cc4ccccc4)C3)CC2=O)c1. The number of methoxy groups -OCH3 is 1. The van der Waals surface area contributed by atoms with Crippen molar-refractivity contribution in [3.63, 3.8) is 0 Å². The third kappa shape index (κ3) is 3.54. The number of benzene rings is 2. The Balaban J connectivity index is 1.44. The molecule has 1 atom stereocenters. The van der Waals surface area contributed by atoms with Crippen LogP contribution in [0.25, 0.3) is 0 Å². The summed E-state index contributed by atoms with van der Waals surface area (Å²) >= 11 is 0. The molecular formula is C22H24N2O3. The molecule has 2 fully saturated rings. The zero-order valence-corrected chi connectivity index (χ0v) is 15.6. The number of carbonyl (C=O) groups excluding carboxylic acids is 2. The van der Waals surface area contributed by atoms with Gasteiger partial charge in [0.1, 0.15) is 5.75 Å². The predicted octanol–water partition coefficient (Wildman–Crippen LogP) is 2.89. The highest BCUT2D eigenvalue weighted by atomic mass is 16.5. The van der Waals surface area contributed by atoms with Crippen molar-refractivity contribution in [3.8, 4) is 5.75 Å². The highest BCUT2D eigenvalue weighted by Crippen LogP contribution is 2.42. The van der Waals surface area contributed by atoms with E-state index in [0.717, 1.165) is 30.0 Å². The van der Waals surface area contributed by atoms with Crippen LogP contribution in [0.15, 0.2) is 54.6 Å². The maximum atomic E-state index is 12.7. The topological polar surface area (TPSA) is 49.9 Å². The monoisotopic (exact) mass is 364 g/mol. The summed E-state index contributed by atoms with van der Waals surface area (Å²) in [5.41, 5.74) is 1.77. The van der Waals surface area contributed by atoms with E-state index >= 15 is 0 Å². The predicted molar refractivity (Wildman–Crippen MR) is 104 cm³/mol. The standard InChI is InChI=1S/C22H24N2O3/c1-27-19-9-5-8-18(13-19)24-16-22(14-21(24)26)10-11-23(15-22)20(25)12-17-6-3-2-4-7-17/h2-9,13H,10-12,14-16H2,1H3. The van der Waals surface area contributed by atoms with Crippen molar-refractivity contribution in [2.24, 2.45) is 5.41 Å². The van der Waals surface area contributed by atoms with Gasteiger partial charge in [-0.25, -0.2) is 0 Å². The molecule has 1 spiro atoms. The van der Waals surface area contributed by atoms with Gasteiger partial charge >= 0.3 is 0 Å². The molecular weight excluding hydrogens is 340 g/mol. The summed E-state index contributed by atoms with van der Waals surface area (Å²) in [6.07, 6.45) is 1.80. The van der Waals surface area contributed by atoms with Gasteiger partial charge < -0.3 is 14.5 Å². The van der Waals surface area contributed by atoms with Crippen LogP contribution in [0.4, 0.5) is 5.69 Å². The summed E-state index contributed by atoms with van der Waals surface area (Å²) in [5.74, 6) is 1.01. The van der Waals surface area contributed by atoms with Gasteiger partial charge in [0.05, 0.1) is 13.5 Å². The van der Waals surface area contributed by atoms with Crippen LogP contribution in [0.3, 0.4) is 0 Å². The first-order chi connectivity index (χ1) is 13.1. The first-order valence-corrected chi connectivity index (χ1v) is 9.35. The molecule has 1 unspecified atom stereocenters. The smallest absolute Gasteiger partial charge is 0.227 e. The van der Waals surface area contributed by atoms with E-state index in [9.17, 15) is 9.59 Å². The van der Waals surface area contributed by atoms with Crippen LogP contribution < -0.4 is 9.64 Å². The molecule has 140 valence electrons. The van der Waals surface area contributed by atoms with Gasteiger partial charge in [0.25, 0.3) is 0 Å². The van der Waals surface area contributed by atoms with Gasteiger partial charge in [-0.2, -0.15) is 0 Å². The van der Waals surface area contributed by atoms with Crippen molar-refractivity contribution in [3.05, 3.63) is 60.2 Å². The molecule has 2 aliphatic heterocycles. The number of rotatable bonds is 4. The first-order valence-electron chi connectivity index (χ1n) is 9.35. The van der Waals surface area contributed by atoms with E-state index in [1.807, 2.05) is 64.4 Å². The fraction of sp³-hybridized carbons (Fsp3) is 0.364. The Morgan fingerprint density at radius 3 is 2.70 bits per heavy atom. The lowest BCUT2D eigenvalue weighted by molar-refractivity contribution is -0.130. The van der Waals surface area contributed by atoms with Crippen molar-refractivity contribution in [2.45, 2.75) is 19.3 Å². The van der Waals surface area contributed by atoms with Gasteiger partial charge in [-0.3, -0.25) is 9.59 Å². The minimum absolute atomic E-state index is 0.126. The molecule has 2 aromatic rings. The highest BCUT2D eigenvalue weighted by Gasteiger charge is 2.48. The molecule has 2 saturated heterocycles. The Labute approximate surface area is 159 Å². The summed E-state index contributed by atoms with van der Waals surface area (Å²) in [5, 5.41) is 0. The molecule has 27 heavy (non-hydrogen) atoms. The summed E-state index contributed by atoms with van der Waals surface area (Å²) in [7, 11) is 1.62. The lowest BCUT2D eigenvalue weighted by atomic mass is 9.86. The molecule has 5 heteroatoms. The Morgan fingerprint density at radius 1 is 1.11 bits per heavy atom. The first kappa shape index (κ1) is 17.6. The van der Waals surface area contributed by atoms with Gasteiger partial charge in [0.2, 0.25) is 11.8 Å². The number of ether oxygens (including phenoxy) is 1. The maximum Gasteiger partial charge on any atom is 0.227 e. The Hall–Kier alpha value is -2.82. The van der Waals surface area contributed by atoms with Crippen LogP contribution in [0.5, 0.6) is 5.75 Å². The molecule has 0 saturated carbocycles. The normalized spacial score (nSPS) is 21.9. The quantitative estimate of drug-likeness (QED) is 0.838. The molecule has 2 aromatic carbocycles. The summed E-state index contributed by atoms with van der Waals surface area (Å²) in [6, 6.07) is 17.4. The van der Waals surface area contributed by atoms with Crippen molar-refractivity contribution in [1.29, 1.82) is 0 Å². The second-order valence-electron chi connectivity index (χ2n) is 7.59. The van der Waals surface area contributed by atoms with Gasteiger partial charge in [-0.15, -0.1) is 0 Å². The minimum atomic E-state index is -0.132. The molecule has 0 radical (unpaired) electrons. The van der Waals surface area contributed by atoms with E-state index < -0.39 is 0 Å². The largest absolute Gasteiger partial charge is 0.497 e. The highest BCUT2D eigenvalue weighted by molar-refractivity contribution is 5.96. The second kappa shape index (κ2) is 7.06. The van der Waals surface area contributed by atoms with Gasteiger partial charge in [-0.05, 0) is 24.1 Å². The van der Waals surface area contributed by atoms with E-state index in [1.165, 1.54) is 0 Å². The average Bonchev–Trinajstić information content (AvgIpc) is 3.25. The molecule has 2 heterocycles. The number of likely N-dealkylation sites (tertiary alicyclic amines) is 1. The third-order valence-corrected chi connectivity index (χ3v) is 5.68. The molecule has 2 amide bonds. The molecule has 0 aliphatic carbocycles. The molecule has 4 rings (SSSR count). The number of amides is 2. The van der Waals surface area contributed by atoms with Crippen LogP contribution in [-0.4, -0.2) is 43.5 Å². The van der Waals surface area contributed by atoms with Gasteiger partial charge in [0, 0.05) is 43.2 Å². The number of hydrogen-bond acceptors (Lipinski definition) is 3. The lowest BCUT2D eigenvalue weighted by Crippen LogP contribution is -2.34. The third-order valence-electron chi connectivity index (χ3n) is 5.68. The zero-order chi connectivity index (χ0) is 18.9. The molecule has 0 N–H and O–H groups in total. The summed E-state index contributed by atoms with van der Waals surface area (Å²) in [6.45, 7) is 2.05. The molecule has 2 aliphatic rings. The van der Waals surface area contributed by atoms with Gasteiger partial charge in [-0.1, -0.05) is 36.4 Å². The number of carbonyl (C=O) groups is 2. The Kier molecular flexibility index (Phi) is 4.60. The fourth-order valence-corrected chi connectivity index (χ4v) is 4.21. The summed E-state index contributed by atoms with van der Waals surface area (Å²) < 4.78 is 5.28. The van der Waals surface area contributed by atoms with E-state index in [2.05, 4.69) is 0 Å². The van der Waals surface area contributed by atoms with Crippen LogP contribution in [-0.2, 0) is 16.0 Å². The van der Waals surface area contributed by atoms with Crippen LogP contribution in [0, 0.1) is 5.41 Å². The van der Waals surface area contributed by atoms with E-state index in [0.29, 0.717) is 25.9 Å². The molecule has 0 bridgehead atoms. The van der Waals surface area contributed by atoms with E-state index in [-0.39, 0.29) is 17.2 Å². The average molecular weight is 364 g/mol. The van der Waals surface area contributed by atoms with E-state index in [1.54, 1.807) is 7.11 Å². The number of anilines is 1. The van der Waals surface area contributed by atoms with Gasteiger partial charge in [0.15, 0.2) is 0 Å². The van der Waals surface area contributed by atoms with Crippen molar-refractivity contribution >= 4 is 17.5 Å². The lowest BCUT2D eigenvalue weighted by Gasteiger charge is -2.24. The fourth-order valence-electron chi connectivity index (χ4n) is 4.21. The van der Waals surface area contributed by atoms with Crippen molar-refractivity contribution in [2.75, 3.05) is 31.6 Å². The number of hydrogen-bond donors (Lipinski definition) is 0. The van der Waals surface area contributed by atoms with Crippen molar-refractivity contribution < 1.29 is 14.3 Å². The second-order valence-corrected chi connectivity index (χ2v) is 7.59. The zero-order valence-electron chi connectivity index (χ0n) is 15.6. The molecule has 0 aromatic heterocycles. The molecule has 5 nitrogen and oxygen atoms in total. The maximum absolute atomic E-state index is 12.7. The Bertz CT molecular complexity index is 852. The van der Waals surface area contributed by atoms with Crippen LogP contribution >= 0.6 is 0 Å². The minimum Gasteiger partial charge on any atom is -0.497 e. The van der Waals surface area contributed by atoms with E-state index in [4.69, 9.17) is 4.74 Å². The number of nitrogens with zero attached hydrogens (tertiary/aromatic N) is 2. The van der Waals surface area contributed by atoms with Crippen LogP contribution in [0.2, 0.25) is 0 Å². The summed E-state index contributed by atoms with van der Waals surface area (Å²) in [4.78, 5) is 29.1.